The summed E-state index contributed by atoms with van der Waals surface area (Å²) in [6.07, 6.45) is 2.40. The average Bonchev–Trinajstić information content (AvgIpc) is 3.08. The van der Waals surface area contributed by atoms with Crippen molar-refractivity contribution in [3.05, 3.63) is 83.8 Å². The van der Waals surface area contributed by atoms with Gasteiger partial charge in [-0.3, -0.25) is 0 Å². The quantitative estimate of drug-likeness (QED) is 0.604. The molecule has 0 aliphatic carbocycles. The van der Waals surface area contributed by atoms with Crippen LogP contribution >= 0.6 is 0 Å². The van der Waals surface area contributed by atoms with Crippen molar-refractivity contribution >= 4 is 11.0 Å². The molecule has 0 radical (unpaired) electrons. The summed E-state index contributed by atoms with van der Waals surface area (Å²) in [4.78, 5) is 12.3. The first-order chi connectivity index (χ1) is 11.8. The number of benzene rings is 2. The smallest absolute Gasteiger partial charge is 0.141 e. The van der Waals surface area contributed by atoms with Crippen LogP contribution in [0.25, 0.3) is 22.3 Å². The monoisotopic (exact) mass is 314 g/mol. The van der Waals surface area contributed by atoms with E-state index < -0.39 is 0 Å². The van der Waals surface area contributed by atoms with Crippen LogP contribution in [-0.2, 0) is 13.0 Å². The van der Waals surface area contributed by atoms with Crippen molar-refractivity contribution in [3.63, 3.8) is 0 Å². The second kappa shape index (κ2) is 6.26. The van der Waals surface area contributed by atoms with Gasteiger partial charge in [-0.15, -0.1) is 0 Å². The third-order valence-corrected chi connectivity index (χ3v) is 4.22. The average molecular weight is 314 g/mol. The van der Waals surface area contributed by atoms with E-state index in [4.69, 9.17) is 5.73 Å². The van der Waals surface area contributed by atoms with Gasteiger partial charge in [-0.25, -0.2) is 9.97 Å². The first-order valence-electron chi connectivity index (χ1n) is 7.99. The zero-order chi connectivity index (χ0) is 16.4. The second-order valence-corrected chi connectivity index (χ2v) is 5.83. The number of hydrogen-bond donors (Lipinski definition) is 2. The first-order valence-corrected chi connectivity index (χ1v) is 7.99. The maximum atomic E-state index is 5.66. The Kier molecular flexibility index (Phi) is 3.81. The minimum Gasteiger partial charge on any atom is -0.339 e. The summed E-state index contributed by atoms with van der Waals surface area (Å²) in [5, 5.41) is 1.07. The van der Waals surface area contributed by atoms with Gasteiger partial charge in [-0.05, 0) is 22.8 Å². The summed E-state index contributed by atoms with van der Waals surface area (Å²) >= 11 is 0. The van der Waals surface area contributed by atoms with Gasteiger partial charge in [-0.1, -0.05) is 54.6 Å². The van der Waals surface area contributed by atoms with Crippen LogP contribution < -0.4 is 5.73 Å². The molecule has 0 aliphatic rings. The van der Waals surface area contributed by atoms with Gasteiger partial charge in [-0.2, -0.15) is 0 Å². The normalized spacial score (nSPS) is 11.0. The molecule has 0 unspecified atom stereocenters. The highest BCUT2D eigenvalue weighted by Gasteiger charge is 2.10. The van der Waals surface area contributed by atoms with E-state index in [1.807, 2.05) is 18.2 Å². The van der Waals surface area contributed by atoms with E-state index >= 15 is 0 Å². The lowest BCUT2D eigenvalue weighted by Gasteiger charge is -2.03. The van der Waals surface area contributed by atoms with E-state index in [0.717, 1.165) is 40.0 Å². The van der Waals surface area contributed by atoms with Gasteiger partial charge in [0.05, 0.1) is 5.69 Å². The number of hydrogen-bond acceptors (Lipinski definition) is 3. The fraction of sp³-hybridized carbons (Fsp3) is 0.100. The summed E-state index contributed by atoms with van der Waals surface area (Å²) in [6, 6.07) is 20.8. The molecular formula is C20H18N4. The van der Waals surface area contributed by atoms with Crippen molar-refractivity contribution in [2.24, 2.45) is 5.73 Å². The number of nitrogens with zero attached hydrogens (tertiary/aromatic N) is 2. The summed E-state index contributed by atoms with van der Waals surface area (Å²) in [5.74, 6) is 0. The minimum atomic E-state index is 0.566. The van der Waals surface area contributed by atoms with Gasteiger partial charge in [0.1, 0.15) is 12.0 Å². The molecule has 0 spiro atoms. The Morgan fingerprint density at radius 1 is 0.875 bits per heavy atom. The fourth-order valence-corrected chi connectivity index (χ4v) is 2.89. The predicted octanol–water partition coefficient (Wildman–Crippen LogP) is 3.67. The van der Waals surface area contributed by atoms with Crippen molar-refractivity contribution in [2.45, 2.75) is 13.0 Å². The highest BCUT2D eigenvalue weighted by atomic mass is 14.9. The van der Waals surface area contributed by atoms with Crippen LogP contribution in [-0.4, -0.2) is 15.0 Å². The molecule has 0 atom stereocenters. The minimum absolute atomic E-state index is 0.566. The Balaban J connectivity index is 1.71. The Morgan fingerprint density at radius 3 is 2.38 bits per heavy atom. The first kappa shape index (κ1) is 14.6. The molecule has 3 N–H and O–H groups in total. The molecule has 2 aromatic heterocycles. The summed E-state index contributed by atoms with van der Waals surface area (Å²) in [5.41, 5.74) is 12.1. The number of fused-ring (bicyclic) bond motifs is 1. The van der Waals surface area contributed by atoms with E-state index in [2.05, 4.69) is 57.4 Å². The standard InChI is InChI=1S/C20H18N4/c21-12-15-8-6-14(7-9-15)10-19-17-11-18(16-4-2-1-3-5-16)24-20(17)23-13-22-19/h1-9,11,13H,10,12,21H2,(H,22,23,24). The molecule has 0 fully saturated rings. The van der Waals surface area contributed by atoms with E-state index in [-0.39, 0.29) is 0 Å². The van der Waals surface area contributed by atoms with Crippen LogP contribution in [0.15, 0.2) is 67.0 Å². The summed E-state index contributed by atoms with van der Waals surface area (Å²) < 4.78 is 0. The molecule has 2 heterocycles. The van der Waals surface area contributed by atoms with Crippen LogP contribution in [0.4, 0.5) is 0 Å². The highest BCUT2D eigenvalue weighted by molar-refractivity contribution is 5.85. The van der Waals surface area contributed by atoms with Crippen LogP contribution in [0.3, 0.4) is 0 Å². The predicted molar refractivity (Wildman–Crippen MR) is 96.5 cm³/mol. The highest BCUT2D eigenvalue weighted by Crippen LogP contribution is 2.25. The zero-order valence-electron chi connectivity index (χ0n) is 13.2. The van der Waals surface area contributed by atoms with Gasteiger partial charge >= 0.3 is 0 Å². The van der Waals surface area contributed by atoms with E-state index in [1.165, 1.54) is 5.56 Å². The molecule has 4 rings (SSSR count). The second-order valence-electron chi connectivity index (χ2n) is 5.83. The molecule has 0 aliphatic heterocycles. The number of nitrogens with one attached hydrogen (secondary N) is 1. The van der Waals surface area contributed by atoms with Crippen molar-refractivity contribution in [2.75, 3.05) is 0 Å². The summed E-state index contributed by atoms with van der Waals surface area (Å²) in [6.45, 7) is 0.566. The maximum absolute atomic E-state index is 5.66. The lowest BCUT2D eigenvalue weighted by Crippen LogP contribution is -1.97. The Labute approximate surface area is 140 Å². The molecular weight excluding hydrogens is 296 g/mol. The van der Waals surface area contributed by atoms with E-state index in [0.29, 0.717) is 6.54 Å². The van der Waals surface area contributed by atoms with Crippen LogP contribution in [0.1, 0.15) is 16.8 Å². The van der Waals surface area contributed by atoms with Crippen molar-refractivity contribution in [1.29, 1.82) is 0 Å². The number of aromatic amines is 1. The molecule has 0 saturated carbocycles. The number of H-pyrrole nitrogens is 1. The van der Waals surface area contributed by atoms with Crippen molar-refractivity contribution < 1.29 is 0 Å². The van der Waals surface area contributed by atoms with Gasteiger partial charge in [0.2, 0.25) is 0 Å². The Hall–Kier alpha value is -2.98. The van der Waals surface area contributed by atoms with Gasteiger partial charge in [0.15, 0.2) is 0 Å². The summed E-state index contributed by atoms with van der Waals surface area (Å²) in [7, 11) is 0. The fourth-order valence-electron chi connectivity index (χ4n) is 2.89. The Bertz CT molecular complexity index is 956. The molecule has 0 amide bonds. The van der Waals surface area contributed by atoms with Crippen LogP contribution in [0, 0.1) is 0 Å². The van der Waals surface area contributed by atoms with Gasteiger partial charge in [0, 0.05) is 24.0 Å². The topological polar surface area (TPSA) is 67.6 Å². The number of nitrogens with two attached hydrogens (primary N) is 1. The van der Waals surface area contributed by atoms with E-state index in [1.54, 1.807) is 6.33 Å². The van der Waals surface area contributed by atoms with Crippen molar-refractivity contribution in [3.8, 4) is 11.3 Å². The van der Waals surface area contributed by atoms with Crippen LogP contribution in [0.5, 0.6) is 0 Å². The van der Waals surface area contributed by atoms with Crippen LogP contribution in [0.2, 0.25) is 0 Å². The van der Waals surface area contributed by atoms with Gasteiger partial charge < -0.3 is 10.7 Å². The third kappa shape index (κ3) is 2.79. The lowest BCUT2D eigenvalue weighted by molar-refractivity contribution is 1.04. The molecule has 2 aromatic carbocycles. The van der Waals surface area contributed by atoms with E-state index in [9.17, 15) is 0 Å². The molecule has 0 bridgehead atoms. The molecule has 0 saturated heterocycles. The van der Waals surface area contributed by atoms with Crippen molar-refractivity contribution in [1.82, 2.24) is 15.0 Å². The Morgan fingerprint density at radius 2 is 1.62 bits per heavy atom. The third-order valence-electron chi connectivity index (χ3n) is 4.22. The number of rotatable bonds is 4. The van der Waals surface area contributed by atoms with Gasteiger partial charge in [0.25, 0.3) is 0 Å². The molecule has 4 aromatic rings. The molecule has 4 heteroatoms. The zero-order valence-corrected chi connectivity index (χ0v) is 13.2. The lowest BCUT2D eigenvalue weighted by atomic mass is 10.1. The number of aromatic nitrogens is 3. The largest absolute Gasteiger partial charge is 0.339 e. The SMILES string of the molecule is NCc1ccc(Cc2ncnc3[nH]c(-c4ccccc4)cc23)cc1. The molecule has 4 nitrogen and oxygen atoms in total. The molecule has 118 valence electrons. The maximum Gasteiger partial charge on any atom is 0.141 e. The molecule has 24 heavy (non-hydrogen) atoms.